The molecule has 0 unspecified atom stereocenters. The standard InChI is InChI=1S/C2N2.Pb/c3-1-2-4;. The third-order valence-corrected chi connectivity index (χ3v) is 0.0500. The Bertz CT molecular complexity index is 62.6. The van der Waals surface area contributed by atoms with E-state index in [0.29, 0.717) is 0 Å². The first-order valence-electron chi connectivity index (χ1n) is 0.697. The van der Waals surface area contributed by atoms with Crippen molar-refractivity contribution >= 4 is 27.3 Å². The van der Waals surface area contributed by atoms with Crippen LogP contribution in [0.5, 0.6) is 0 Å². The van der Waals surface area contributed by atoms with Crippen molar-refractivity contribution < 1.29 is 0 Å². The molecule has 0 bridgehead atoms. The van der Waals surface area contributed by atoms with Gasteiger partial charge in [-0.25, -0.2) is 0 Å². The SMILES string of the molecule is N#CC#N.[Pb]. The molecule has 0 aromatic rings. The molecule has 0 saturated carbocycles. The molecule has 0 fully saturated rings. The van der Waals surface area contributed by atoms with Gasteiger partial charge in [0, 0.05) is 27.3 Å². The molecule has 0 aromatic carbocycles. The molecule has 0 saturated heterocycles. The number of nitriles is 2. The molecule has 2 nitrogen and oxygen atoms in total. The second-order valence-electron chi connectivity index (χ2n) is 0.224. The Morgan fingerprint density at radius 3 is 1.20 bits per heavy atom. The van der Waals surface area contributed by atoms with Crippen LogP contribution in [0.15, 0.2) is 0 Å². The van der Waals surface area contributed by atoms with E-state index in [1.807, 2.05) is 0 Å². The summed E-state index contributed by atoms with van der Waals surface area (Å²) in [5.74, 6) is 0. The van der Waals surface area contributed by atoms with Crippen LogP contribution < -0.4 is 0 Å². The quantitative estimate of drug-likeness (QED) is 0.558. The predicted molar refractivity (Wildman–Crippen MR) is 17.0 cm³/mol. The van der Waals surface area contributed by atoms with E-state index in [0.717, 1.165) is 0 Å². The van der Waals surface area contributed by atoms with Crippen LogP contribution in [0.3, 0.4) is 0 Å². The molecule has 5 heavy (non-hydrogen) atoms. The minimum atomic E-state index is 0. The van der Waals surface area contributed by atoms with Crippen molar-refractivity contribution in [3.63, 3.8) is 0 Å². The predicted octanol–water partition coefficient (Wildman–Crippen LogP) is -0.347. The van der Waals surface area contributed by atoms with Gasteiger partial charge in [0.05, 0.1) is 0 Å². The topological polar surface area (TPSA) is 47.6 Å². The van der Waals surface area contributed by atoms with Crippen LogP contribution >= 0.6 is 0 Å². The average molecular weight is 259 g/mol. The van der Waals surface area contributed by atoms with Gasteiger partial charge in [-0.2, -0.15) is 10.5 Å². The van der Waals surface area contributed by atoms with Crippen molar-refractivity contribution in [1.29, 1.82) is 10.5 Å². The summed E-state index contributed by atoms with van der Waals surface area (Å²) in [6.07, 6.45) is 0. The fraction of sp³-hybridized carbons (Fsp3) is 0. The van der Waals surface area contributed by atoms with Gasteiger partial charge in [0.25, 0.3) is 0 Å². The van der Waals surface area contributed by atoms with Crippen LogP contribution in [0.2, 0.25) is 0 Å². The van der Waals surface area contributed by atoms with Crippen molar-refractivity contribution in [2.75, 3.05) is 0 Å². The smallest absolute Gasteiger partial charge is 0.181 e. The summed E-state index contributed by atoms with van der Waals surface area (Å²) in [7, 11) is 0. The molecule has 22 valence electrons. The third kappa shape index (κ3) is 17.3. The Kier molecular flexibility index (Phi) is 16.1. The van der Waals surface area contributed by atoms with E-state index in [-0.39, 0.29) is 27.3 Å². The van der Waals surface area contributed by atoms with Gasteiger partial charge in [0.15, 0.2) is 12.1 Å². The summed E-state index contributed by atoms with van der Waals surface area (Å²) in [6, 6.07) is 2.47. The van der Waals surface area contributed by atoms with Gasteiger partial charge in [0.2, 0.25) is 0 Å². The number of rotatable bonds is 0. The van der Waals surface area contributed by atoms with E-state index in [9.17, 15) is 0 Å². The van der Waals surface area contributed by atoms with Crippen molar-refractivity contribution in [2.45, 2.75) is 0 Å². The van der Waals surface area contributed by atoms with E-state index < -0.39 is 0 Å². The molecule has 3 heteroatoms. The summed E-state index contributed by atoms with van der Waals surface area (Å²) in [5.41, 5.74) is 0. The molecule has 0 aliphatic rings. The minimum Gasteiger partial charge on any atom is -0.181 e. The summed E-state index contributed by atoms with van der Waals surface area (Å²) >= 11 is 0. The van der Waals surface area contributed by atoms with Crippen LogP contribution in [-0.4, -0.2) is 27.3 Å². The van der Waals surface area contributed by atoms with Crippen molar-refractivity contribution in [1.82, 2.24) is 0 Å². The van der Waals surface area contributed by atoms with Crippen LogP contribution in [0.1, 0.15) is 0 Å². The maximum atomic E-state index is 7.26. The van der Waals surface area contributed by atoms with Crippen LogP contribution in [0.4, 0.5) is 0 Å². The maximum Gasteiger partial charge on any atom is 0.181 e. The molecule has 0 amide bonds. The fourth-order valence-electron chi connectivity index (χ4n) is 0. The van der Waals surface area contributed by atoms with Gasteiger partial charge in [-0.3, -0.25) is 0 Å². The van der Waals surface area contributed by atoms with Gasteiger partial charge in [-0.1, -0.05) is 0 Å². The summed E-state index contributed by atoms with van der Waals surface area (Å²) in [6.45, 7) is 0. The summed E-state index contributed by atoms with van der Waals surface area (Å²) in [4.78, 5) is 0. The first-order chi connectivity index (χ1) is 1.91. The second kappa shape index (κ2) is 9.08. The number of nitrogens with zero attached hydrogens (tertiary/aromatic N) is 2. The number of hydrogen-bond acceptors (Lipinski definition) is 2. The first-order valence-corrected chi connectivity index (χ1v) is 0.697. The first kappa shape index (κ1) is 8.86. The van der Waals surface area contributed by atoms with E-state index in [1.165, 1.54) is 12.1 Å². The molecule has 0 N–H and O–H groups in total. The second-order valence-corrected chi connectivity index (χ2v) is 0.224. The molecule has 0 aromatic heterocycles. The van der Waals surface area contributed by atoms with Crippen molar-refractivity contribution in [3.05, 3.63) is 0 Å². The van der Waals surface area contributed by atoms with Crippen LogP contribution in [-0.2, 0) is 0 Å². The van der Waals surface area contributed by atoms with Crippen molar-refractivity contribution in [2.24, 2.45) is 0 Å². The van der Waals surface area contributed by atoms with Gasteiger partial charge < -0.3 is 0 Å². The molecular formula is C2N2Pb. The molecule has 0 spiro atoms. The Morgan fingerprint density at radius 2 is 1.20 bits per heavy atom. The van der Waals surface area contributed by atoms with Gasteiger partial charge >= 0.3 is 0 Å². The Labute approximate surface area is 50.2 Å². The van der Waals surface area contributed by atoms with Gasteiger partial charge in [-0.05, 0) is 0 Å². The Morgan fingerprint density at radius 1 is 1.00 bits per heavy atom. The van der Waals surface area contributed by atoms with E-state index in [1.54, 1.807) is 0 Å². The molecule has 0 rings (SSSR count). The zero-order valence-electron chi connectivity index (χ0n) is 2.39. The summed E-state index contributed by atoms with van der Waals surface area (Å²) in [5, 5.41) is 14.5. The number of hydrogen-bond donors (Lipinski definition) is 0. The van der Waals surface area contributed by atoms with Crippen LogP contribution in [0, 0.1) is 22.7 Å². The molecule has 0 atom stereocenters. The zero-order valence-corrected chi connectivity index (χ0v) is 6.28. The zero-order chi connectivity index (χ0) is 3.41. The van der Waals surface area contributed by atoms with Gasteiger partial charge in [0.1, 0.15) is 0 Å². The van der Waals surface area contributed by atoms with E-state index in [4.69, 9.17) is 10.5 Å². The fourth-order valence-corrected chi connectivity index (χ4v) is 0. The van der Waals surface area contributed by atoms with Gasteiger partial charge in [-0.15, -0.1) is 0 Å². The molecular weight excluding hydrogens is 259 g/mol. The largest absolute Gasteiger partial charge is 0.181 e. The summed E-state index contributed by atoms with van der Waals surface area (Å²) < 4.78 is 0. The average Bonchev–Trinajstić information content (AvgIpc) is 1.37. The van der Waals surface area contributed by atoms with Crippen LogP contribution in [0.25, 0.3) is 0 Å². The van der Waals surface area contributed by atoms with E-state index in [2.05, 4.69) is 0 Å². The molecule has 0 heterocycles. The maximum absolute atomic E-state index is 7.26. The molecule has 0 aliphatic heterocycles. The van der Waals surface area contributed by atoms with E-state index >= 15 is 0 Å². The third-order valence-electron chi connectivity index (χ3n) is 0.0500. The molecule has 4 radical (unpaired) electrons. The Balaban J connectivity index is 0. The molecule has 0 aliphatic carbocycles. The minimum absolute atomic E-state index is 0. The monoisotopic (exact) mass is 260 g/mol. The Hall–Kier alpha value is -0.0979. The normalized spacial score (nSPS) is 2.00. The van der Waals surface area contributed by atoms with Crippen molar-refractivity contribution in [3.8, 4) is 12.1 Å².